The first kappa shape index (κ1) is 24.3. The zero-order valence-electron chi connectivity index (χ0n) is 20.2. The molecule has 2 unspecified atom stereocenters. The van der Waals surface area contributed by atoms with Crippen LogP contribution in [-0.2, 0) is 17.9 Å². The Hall–Kier alpha value is -2.87. The number of rotatable bonds is 8. The normalized spacial score (nSPS) is 20.6. The highest BCUT2D eigenvalue weighted by Crippen LogP contribution is 2.35. The molecule has 3 N–H and O–H groups in total. The molecule has 2 aliphatic rings. The molecule has 1 amide bonds. The van der Waals surface area contributed by atoms with Gasteiger partial charge in [-0.2, -0.15) is 0 Å². The minimum atomic E-state index is -0.617. The summed E-state index contributed by atoms with van der Waals surface area (Å²) in [6.45, 7) is 3.79. The van der Waals surface area contributed by atoms with Crippen molar-refractivity contribution in [3.8, 4) is 0 Å². The first-order valence-corrected chi connectivity index (χ1v) is 12.7. The predicted molar refractivity (Wildman–Crippen MR) is 135 cm³/mol. The van der Waals surface area contributed by atoms with Gasteiger partial charge in [-0.1, -0.05) is 56.5 Å². The van der Waals surface area contributed by atoms with Gasteiger partial charge in [0.2, 0.25) is 5.91 Å². The second kappa shape index (κ2) is 11.0. The summed E-state index contributed by atoms with van der Waals surface area (Å²) < 4.78 is 1.38. The van der Waals surface area contributed by atoms with Crippen LogP contribution in [0.2, 0.25) is 0 Å². The SMILES string of the molecule is CCCCn1c(N)c(N(Cc2ccccc2)C(=O)CN2CCCC3CCCCC32)c(=O)[nH]c1=O. The second-order valence-corrected chi connectivity index (χ2v) is 9.69. The van der Waals surface area contributed by atoms with E-state index in [-0.39, 0.29) is 30.5 Å². The lowest BCUT2D eigenvalue weighted by atomic mass is 9.78. The van der Waals surface area contributed by atoms with Crippen molar-refractivity contribution in [3.63, 3.8) is 0 Å². The molecule has 8 heteroatoms. The van der Waals surface area contributed by atoms with E-state index in [1.165, 1.54) is 35.2 Å². The zero-order valence-corrected chi connectivity index (χ0v) is 20.2. The van der Waals surface area contributed by atoms with Crippen LogP contribution < -0.4 is 21.9 Å². The molecule has 1 aromatic carbocycles. The molecule has 1 aliphatic carbocycles. The number of carbonyl (C=O) groups is 1. The molecule has 8 nitrogen and oxygen atoms in total. The maximum atomic E-state index is 13.8. The molecule has 34 heavy (non-hydrogen) atoms. The lowest BCUT2D eigenvalue weighted by Gasteiger charge is -2.44. The number of amides is 1. The number of nitrogens with zero attached hydrogens (tertiary/aromatic N) is 3. The molecule has 1 saturated carbocycles. The number of likely N-dealkylation sites (tertiary alicyclic amines) is 1. The van der Waals surface area contributed by atoms with Gasteiger partial charge in [-0.05, 0) is 50.1 Å². The third-order valence-electron chi connectivity index (χ3n) is 7.40. The minimum absolute atomic E-state index is 0.0562. The number of anilines is 2. The highest BCUT2D eigenvalue weighted by atomic mass is 16.2. The van der Waals surface area contributed by atoms with Gasteiger partial charge in [0.1, 0.15) is 5.82 Å². The molecule has 0 radical (unpaired) electrons. The van der Waals surface area contributed by atoms with E-state index in [4.69, 9.17) is 5.73 Å². The number of nitrogens with one attached hydrogen (secondary N) is 1. The van der Waals surface area contributed by atoms with Crippen molar-refractivity contribution >= 4 is 17.4 Å². The number of unbranched alkanes of at least 4 members (excludes halogenated alkanes) is 1. The van der Waals surface area contributed by atoms with Crippen molar-refractivity contribution in [2.45, 2.75) is 77.4 Å². The topological polar surface area (TPSA) is 104 Å². The number of aromatic amines is 1. The van der Waals surface area contributed by atoms with Gasteiger partial charge in [0.15, 0.2) is 5.69 Å². The quantitative estimate of drug-likeness (QED) is 0.621. The maximum Gasteiger partial charge on any atom is 0.330 e. The maximum absolute atomic E-state index is 13.8. The molecule has 1 aliphatic heterocycles. The van der Waals surface area contributed by atoms with E-state index in [1.807, 2.05) is 37.3 Å². The van der Waals surface area contributed by atoms with Gasteiger partial charge in [0.05, 0.1) is 13.1 Å². The average Bonchev–Trinajstić information content (AvgIpc) is 2.84. The Morgan fingerprint density at radius 2 is 1.85 bits per heavy atom. The highest BCUT2D eigenvalue weighted by molar-refractivity contribution is 5.96. The predicted octanol–water partition coefficient (Wildman–Crippen LogP) is 3.11. The van der Waals surface area contributed by atoms with Crippen LogP contribution in [0, 0.1) is 5.92 Å². The molecule has 2 fully saturated rings. The van der Waals surface area contributed by atoms with Gasteiger partial charge in [-0.15, -0.1) is 0 Å². The van der Waals surface area contributed by atoms with Crippen molar-refractivity contribution in [2.24, 2.45) is 5.92 Å². The van der Waals surface area contributed by atoms with Gasteiger partial charge in [0, 0.05) is 12.6 Å². The van der Waals surface area contributed by atoms with Crippen LogP contribution >= 0.6 is 0 Å². The van der Waals surface area contributed by atoms with Crippen LogP contribution in [0.15, 0.2) is 39.9 Å². The van der Waals surface area contributed by atoms with Crippen LogP contribution in [0.1, 0.15) is 63.9 Å². The molecule has 4 rings (SSSR count). The Labute approximate surface area is 200 Å². The standard InChI is InChI=1S/C26H37N5O3/c1-2-3-16-30-24(27)23(25(33)28-26(30)34)31(17-19-10-5-4-6-11-19)22(32)18-29-15-9-13-20-12-7-8-14-21(20)29/h4-6,10-11,20-21H,2-3,7-9,12-18,27H2,1H3,(H,28,33,34). The fourth-order valence-electron chi connectivity index (χ4n) is 5.62. The van der Waals surface area contributed by atoms with Crippen LogP contribution in [0.3, 0.4) is 0 Å². The molecular weight excluding hydrogens is 430 g/mol. The van der Waals surface area contributed by atoms with Gasteiger partial charge < -0.3 is 5.73 Å². The van der Waals surface area contributed by atoms with Crippen molar-refractivity contribution in [1.82, 2.24) is 14.5 Å². The number of nitrogen functional groups attached to an aromatic ring is 1. The number of aromatic nitrogens is 2. The van der Waals surface area contributed by atoms with Crippen molar-refractivity contribution < 1.29 is 4.79 Å². The van der Waals surface area contributed by atoms with Crippen molar-refractivity contribution in [3.05, 3.63) is 56.7 Å². The van der Waals surface area contributed by atoms with Gasteiger partial charge in [-0.25, -0.2) is 4.79 Å². The van der Waals surface area contributed by atoms with Crippen LogP contribution in [-0.4, -0.2) is 39.5 Å². The number of piperidine rings is 1. The third kappa shape index (κ3) is 5.27. The number of benzene rings is 1. The van der Waals surface area contributed by atoms with E-state index < -0.39 is 11.2 Å². The van der Waals surface area contributed by atoms with Crippen molar-refractivity contribution in [1.29, 1.82) is 0 Å². The Balaban J connectivity index is 1.68. The summed E-state index contributed by atoms with van der Waals surface area (Å²) in [4.78, 5) is 45.4. The molecule has 2 aromatic rings. The number of hydrogen-bond donors (Lipinski definition) is 2. The Bertz CT molecular complexity index is 1090. The summed E-state index contributed by atoms with van der Waals surface area (Å²) >= 11 is 0. The molecule has 0 bridgehead atoms. The van der Waals surface area contributed by atoms with E-state index in [0.717, 1.165) is 37.8 Å². The monoisotopic (exact) mass is 467 g/mol. The van der Waals surface area contributed by atoms with Gasteiger partial charge >= 0.3 is 5.69 Å². The minimum Gasteiger partial charge on any atom is -0.383 e. The van der Waals surface area contributed by atoms with Crippen LogP contribution in [0.25, 0.3) is 0 Å². The number of hydrogen-bond acceptors (Lipinski definition) is 5. The van der Waals surface area contributed by atoms with E-state index in [9.17, 15) is 14.4 Å². The van der Waals surface area contributed by atoms with Crippen LogP contribution in [0.4, 0.5) is 11.5 Å². The first-order valence-electron chi connectivity index (χ1n) is 12.7. The molecule has 184 valence electrons. The number of H-pyrrole nitrogens is 1. The number of fused-ring (bicyclic) bond motifs is 1. The van der Waals surface area contributed by atoms with Gasteiger partial charge in [-0.3, -0.25) is 28.9 Å². The molecule has 0 spiro atoms. The lowest BCUT2D eigenvalue weighted by molar-refractivity contribution is -0.121. The summed E-state index contributed by atoms with van der Waals surface area (Å²) in [5, 5.41) is 0. The first-order chi connectivity index (χ1) is 16.5. The van der Waals surface area contributed by atoms with Crippen molar-refractivity contribution in [2.75, 3.05) is 23.7 Å². The van der Waals surface area contributed by atoms with E-state index >= 15 is 0 Å². The van der Waals surface area contributed by atoms with Crippen LogP contribution in [0.5, 0.6) is 0 Å². The van der Waals surface area contributed by atoms with Gasteiger partial charge in [0.25, 0.3) is 5.56 Å². The van der Waals surface area contributed by atoms with E-state index in [2.05, 4.69) is 9.88 Å². The fourth-order valence-corrected chi connectivity index (χ4v) is 5.62. The molecular formula is C26H37N5O3. The molecule has 1 aromatic heterocycles. The number of nitrogens with two attached hydrogens (primary N) is 1. The summed E-state index contributed by atoms with van der Waals surface area (Å²) in [5.41, 5.74) is 6.21. The molecule has 2 atom stereocenters. The zero-order chi connectivity index (χ0) is 24.1. The summed E-state index contributed by atoms with van der Waals surface area (Å²) in [6, 6.07) is 10.0. The number of carbonyl (C=O) groups excluding carboxylic acids is 1. The summed E-state index contributed by atoms with van der Waals surface area (Å²) in [6.07, 6.45) is 8.79. The Kier molecular flexibility index (Phi) is 7.88. The van der Waals surface area contributed by atoms with E-state index in [0.29, 0.717) is 18.5 Å². The third-order valence-corrected chi connectivity index (χ3v) is 7.40. The lowest BCUT2D eigenvalue weighted by Crippen LogP contribution is -2.52. The molecule has 1 saturated heterocycles. The Morgan fingerprint density at radius 3 is 2.62 bits per heavy atom. The highest BCUT2D eigenvalue weighted by Gasteiger charge is 2.35. The smallest absolute Gasteiger partial charge is 0.330 e. The molecule has 2 heterocycles. The van der Waals surface area contributed by atoms with E-state index in [1.54, 1.807) is 0 Å². The largest absolute Gasteiger partial charge is 0.383 e. The summed E-state index contributed by atoms with van der Waals surface area (Å²) in [7, 11) is 0. The average molecular weight is 468 g/mol. The second-order valence-electron chi connectivity index (χ2n) is 9.69. The summed E-state index contributed by atoms with van der Waals surface area (Å²) in [5.74, 6) is 0.552. The Morgan fingerprint density at radius 1 is 1.12 bits per heavy atom. The fraction of sp³-hybridized carbons (Fsp3) is 0.577.